The molecular weight excluding hydrogens is 448 g/mol. The largest absolute Gasteiger partial charge is 0.327 e. The number of likely N-dealkylation sites (tertiary alicyclic amines) is 1. The summed E-state index contributed by atoms with van der Waals surface area (Å²) in [5.74, 6) is 4.66. The number of hydrazine groups is 1. The van der Waals surface area contributed by atoms with Crippen LogP contribution in [-0.2, 0) is 4.79 Å². The molecule has 36 heavy (non-hydrogen) atoms. The maximum absolute atomic E-state index is 12.2. The van der Waals surface area contributed by atoms with Gasteiger partial charge in [-0.1, -0.05) is 0 Å². The number of nitriles is 1. The molecule has 4 saturated heterocycles. The molecule has 6 rings (SSSR count). The summed E-state index contributed by atoms with van der Waals surface area (Å²) >= 11 is 0. The quantitative estimate of drug-likeness (QED) is 0.478. The molecule has 0 aromatic rings. The van der Waals surface area contributed by atoms with Crippen molar-refractivity contribution in [1.29, 1.82) is 5.26 Å². The molecule has 8 atom stereocenters. The van der Waals surface area contributed by atoms with Crippen LogP contribution in [0.1, 0.15) is 84.5 Å². The lowest BCUT2D eigenvalue weighted by atomic mass is 9.60. The van der Waals surface area contributed by atoms with E-state index in [2.05, 4.69) is 46.3 Å². The number of nitrogens with zero attached hydrogens (tertiary/aromatic N) is 2. The van der Waals surface area contributed by atoms with E-state index in [0.29, 0.717) is 30.0 Å². The van der Waals surface area contributed by atoms with Gasteiger partial charge in [0, 0.05) is 44.2 Å². The molecule has 2 saturated carbocycles. The van der Waals surface area contributed by atoms with Gasteiger partial charge in [0.2, 0.25) is 5.91 Å². The Hall–Kier alpha value is -1.20. The van der Waals surface area contributed by atoms with Gasteiger partial charge in [-0.3, -0.25) is 21.0 Å². The summed E-state index contributed by atoms with van der Waals surface area (Å²) in [5.41, 5.74) is 7.32. The third-order valence-electron chi connectivity index (χ3n) is 11.5. The van der Waals surface area contributed by atoms with Crippen molar-refractivity contribution in [2.45, 2.75) is 109 Å². The lowest BCUT2D eigenvalue weighted by Crippen LogP contribution is -2.59. The maximum Gasteiger partial charge on any atom is 0.223 e. The van der Waals surface area contributed by atoms with Crippen LogP contribution in [0.4, 0.5) is 0 Å². The maximum atomic E-state index is 12.2. The second-order valence-corrected chi connectivity index (χ2v) is 13.6. The zero-order chi connectivity index (χ0) is 24.9. The molecule has 1 amide bonds. The highest BCUT2D eigenvalue weighted by atomic mass is 16.2. The van der Waals surface area contributed by atoms with Gasteiger partial charge in [0.1, 0.15) is 0 Å². The molecule has 6 fully saturated rings. The number of hydrogen-bond donors (Lipinski definition) is 4. The van der Waals surface area contributed by atoms with Gasteiger partial charge >= 0.3 is 0 Å². The molecule has 4 N–H and O–H groups in total. The SMILES string of the molecule is CC(C)(C#N)C1CCC(C2NNC3CNC4CCC(C5CCC(N6CCCC6=O)NC5)CC4C32)CC1. The lowest BCUT2D eigenvalue weighted by molar-refractivity contribution is -0.131. The van der Waals surface area contributed by atoms with Crippen molar-refractivity contribution in [3.8, 4) is 6.07 Å². The van der Waals surface area contributed by atoms with Gasteiger partial charge in [-0.25, -0.2) is 0 Å². The number of fused-ring (bicyclic) bond motifs is 3. The Morgan fingerprint density at radius 1 is 0.889 bits per heavy atom. The van der Waals surface area contributed by atoms with Crippen LogP contribution >= 0.6 is 0 Å². The molecule has 4 heterocycles. The van der Waals surface area contributed by atoms with Crippen LogP contribution in [0.15, 0.2) is 0 Å². The molecule has 4 aliphatic heterocycles. The standard InChI is InChI=1S/C29H48N6O/c1-29(2,17-30)21-9-5-18(6-10-21)28-27-22-14-19(7-11-23(22)31-16-24(27)33-34-28)20-8-12-25(32-15-20)35-13-3-4-26(35)36/h18-25,27-28,31-34H,3-16H2,1-2H3. The van der Waals surface area contributed by atoms with Crippen molar-refractivity contribution in [3.63, 3.8) is 0 Å². The average Bonchev–Trinajstić information content (AvgIpc) is 3.55. The van der Waals surface area contributed by atoms with E-state index in [9.17, 15) is 10.1 Å². The topological polar surface area (TPSA) is 92.2 Å². The van der Waals surface area contributed by atoms with Crippen LogP contribution in [-0.4, -0.2) is 54.7 Å². The summed E-state index contributed by atoms with van der Waals surface area (Å²) in [6, 6.07) is 4.36. The number of nitrogens with one attached hydrogen (secondary N) is 4. The van der Waals surface area contributed by atoms with Crippen LogP contribution in [0, 0.1) is 52.3 Å². The van der Waals surface area contributed by atoms with Crippen molar-refractivity contribution in [1.82, 2.24) is 26.4 Å². The van der Waals surface area contributed by atoms with Gasteiger partial charge < -0.3 is 10.2 Å². The molecule has 200 valence electrons. The second kappa shape index (κ2) is 10.2. The molecule has 0 aromatic carbocycles. The molecule has 7 heteroatoms. The van der Waals surface area contributed by atoms with Crippen LogP contribution in [0.2, 0.25) is 0 Å². The van der Waals surface area contributed by atoms with E-state index in [4.69, 9.17) is 0 Å². The van der Waals surface area contributed by atoms with Crippen LogP contribution in [0.25, 0.3) is 0 Å². The molecule has 2 aliphatic carbocycles. The van der Waals surface area contributed by atoms with E-state index in [-0.39, 0.29) is 11.6 Å². The average molecular weight is 497 g/mol. The zero-order valence-electron chi connectivity index (χ0n) is 22.5. The zero-order valence-corrected chi connectivity index (χ0v) is 22.5. The van der Waals surface area contributed by atoms with Gasteiger partial charge in [-0.05, 0) is 114 Å². The minimum Gasteiger partial charge on any atom is -0.327 e. The Balaban J connectivity index is 1.08. The van der Waals surface area contributed by atoms with Gasteiger partial charge in [0.15, 0.2) is 0 Å². The number of hydrogen-bond acceptors (Lipinski definition) is 6. The summed E-state index contributed by atoms with van der Waals surface area (Å²) < 4.78 is 0. The van der Waals surface area contributed by atoms with Gasteiger partial charge in [-0.15, -0.1) is 0 Å². The smallest absolute Gasteiger partial charge is 0.223 e. The first kappa shape index (κ1) is 25.1. The van der Waals surface area contributed by atoms with E-state index in [0.717, 1.165) is 68.5 Å². The highest BCUT2D eigenvalue weighted by Crippen LogP contribution is 2.48. The van der Waals surface area contributed by atoms with E-state index < -0.39 is 0 Å². The molecule has 0 radical (unpaired) electrons. The molecule has 8 unspecified atom stereocenters. The van der Waals surface area contributed by atoms with Crippen molar-refractivity contribution < 1.29 is 4.79 Å². The second-order valence-electron chi connectivity index (χ2n) is 13.6. The normalized spacial score (nSPS) is 45.7. The Bertz CT molecular complexity index is 839. The van der Waals surface area contributed by atoms with Gasteiger partial charge in [0.05, 0.1) is 17.6 Å². The molecule has 7 nitrogen and oxygen atoms in total. The van der Waals surface area contributed by atoms with Crippen LogP contribution in [0.3, 0.4) is 0 Å². The number of carbonyl (C=O) groups is 1. The lowest BCUT2D eigenvalue weighted by Gasteiger charge is -2.50. The van der Waals surface area contributed by atoms with E-state index in [1.54, 1.807) is 0 Å². The summed E-state index contributed by atoms with van der Waals surface area (Å²) in [6.45, 7) is 7.38. The third kappa shape index (κ3) is 4.61. The van der Waals surface area contributed by atoms with Gasteiger partial charge in [0.25, 0.3) is 0 Å². The molecule has 0 aromatic heterocycles. The third-order valence-corrected chi connectivity index (χ3v) is 11.5. The molecule has 6 aliphatic rings. The predicted octanol–water partition coefficient (Wildman–Crippen LogP) is 3.14. The van der Waals surface area contributed by atoms with Crippen molar-refractivity contribution in [2.75, 3.05) is 19.6 Å². The fourth-order valence-corrected chi connectivity index (χ4v) is 9.28. The highest BCUT2D eigenvalue weighted by molar-refractivity contribution is 5.78. The predicted molar refractivity (Wildman–Crippen MR) is 140 cm³/mol. The van der Waals surface area contributed by atoms with Crippen molar-refractivity contribution in [3.05, 3.63) is 0 Å². The monoisotopic (exact) mass is 496 g/mol. The number of piperidine rings is 2. The van der Waals surface area contributed by atoms with Crippen LogP contribution in [0.5, 0.6) is 0 Å². The number of rotatable bonds is 4. The van der Waals surface area contributed by atoms with E-state index in [1.807, 2.05) is 0 Å². The fraction of sp³-hybridized carbons (Fsp3) is 0.931. The highest BCUT2D eigenvalue weighted by Gasteiger charge is 2.52. The van der Waals surface area contributed by atoms with Crippen LogP contribution < -0.4 is 21.5 Å². The Morgan fingerprint density at radius 2 is 1.67 bits per heavy atom. The van der Waals surface area contributed by atoms with E-state index >= 15 is 0 Å². The van der Waals surface area contributed by atoms with Crippen molar-refractivity contribution in [2.24, 2.45) is 40.9 Å². The summed E-state index contributed by atoms with van der Waals surface area (Å²) in [7, 11) is 0. The summed E-state index contributed by atoms with van der Waals surface area (Å²) in [4.78, 5) is 14.3. The Morgan fingerprint density at radius 3 is 2.36 bits per heavy atom. The molecule has 0 spiro atoms. The van der Waals surface area contributed by atoms with E-state index in [1.165, 1.54) is 51.4 Å². The Labute approximate surface area is 217 Å². The Kier molecular flexibility index (Phi) is 7.09. The van der Waals surface area contributed by atoms with Crippen molar-refractivity contribution >= 4 is 5.91 Å². The number of carbonyl (C=O) groups excluding carboxylic acids is 1. The first-order valence-corrected chi connectivity index (χ1v) is 15.1. The number of amides is 1. The fourth-order valence-electron chi connectivity index (χ4n) is 9.28. The first-order chi connectivity index (χ1) is 17.4. The first-order valence-electron chi connectivity index (χ1n) is 15.1. The molecule has 0 bridgehead atoms. The summed E-state index contributed by atoms with van der Waals surface area (Å²) in [5, 5.41) is 17.3. The minimum atomic E-state index is -0.194. The molecular formula is C29H48N6O. The summed E-state index contributed by atoms with van der Waals surface area (Å²) in [6.07, 6.45) is 13.4. The van der Waals surface area contributed by atoms with Gasteiger partial charge in [-0.2, -0.15) is 5.26 Å². The minimum absolute atomic E-state index is 0.194.